The maximum absolute atomic E-state index is 12.7. The van der Waals surface area contributed by atoms with E-state index in [4.69, 9.17) is 9.47 Å². The molecule has 1 aromatic rings. The SMILES string of the molecule is COc1ccccc1N1CCN(C(=O)C[C@H]2CNCCO2)CC1(C)C. The molecule has 2 saturated heterocycles. The van der Waals surface area contributed by atoms with E-state index >= 15 is 0 Å². The maximum atomic E-state index is 12.7. The van der Waals surface area contributed by atoms with Gasteiger partial charge in [-0.05, 0) is 26.0 Å². The van der Waals surface area contributed by atoms with Gasteiger partial charge in [0.1, 0.15) is 5.75 Å². The lowest BCUT2D eigenvalue weighted by molar-refractivity contribution is -0.136. The predicted molar refractivity (Wildman–Crippen MR) is 98.2 cm³/mol. The molecule has 0 spiro atoms. The molecule has 1 aromatic carbocycles. The first-order chi connectivity index (χ1) is 12.0. The number of rotatable bonds is 4. The van der Waals surface area contributed by atoms with Crippen LogP contribution in [0.5, 0.6) is 5.75 Å². The summed E-state index contributed by atoms with van der Waals surface area (Å²) in [5.74, 6) is 1.05. The van der Waals surface area contributed by atoms with Crippen LogP contribution >= 0.6 is 0 Å². The molecule has 0 radical (unpaired) electrons. The van der Waals surface area contributed by atoms with Gasteiger partial charge in [0.15, 0.2) is 0 Å². The summed E-state index contributed by atoms with van der Waals surface area (Å²) in [6.45, 7) is 8.89. The summed E-state index contributed by atoms with van der Waals surface area (Å²) in [5, 5.41) is 3.28. The molecule has 0 aliphatic carbocycles. The molecular formula is C19H29N3O3. The van der Waals surface area contributed by atoms with Crippen molar-refractivity contribution in [3.63, 3.8) is 0 Å². The number of carbonyl (C=O) groups is 1. The van der Waals surface area contributed by atoms with Crippen LogP contribution in [0, 0.1) is 0 Å². The largest absolute Gasteiger partial charge is 0.495 e. The Kier molecular flexibility index (Phi) is 5.49. The topological polar surface area (TPSA) is 54.0 Å². The van der Waals surface area contributed by atoms with E-state index < -0.39 is 0 Å². The van der Waals surface area contributed by atoms with Gasteiger partial charge in [-0.3, -0.25) is 4.79 Å². The summed E-state index contributed by atoms with van der Waals surface area (Å²) in [5.41, 5.74) is 0.927. The Morgan fingerprint density at radius 2 is 2.16 bits per heavy atom. The molecule has 6 heteroatoms. The summed E-state index contributed by atoms with van der Waals surface area (Å²) in [6.07, 6.45) is 0.453. The van der Waals surface area contributed by atoms with Crippen molar-refractivity contribution in [2.24, 2.45) is 0 Å². The quantitative estimate of drug-likeness (QED) is 0.895. The van der Waals surface area contributed by atoms with Gasteiger partial charge in [-0.15, -0.1) is 0 Å². The van der Waals surface area contributed by atoms with Gasteiger partial charge in [0.25, 0.3) is 0 Å². The van der Waals surface area contributed by atoms with Gasteiger partial charge in [0.05, 0.1) is 37.5 Å². The summed E-state index contributed by atoms with van der Waals surface area (Å²) in [4.78, 5) is 17.0. The third-order valence-corrected chi connectivity index (χ3v) is 5.04. The number of hydrogen-bond acceptors (Lipinski definition) is 5. The number of para-hydroxylation sites is 2. The highest BCUT2D eigenvalue weighted by molar-refractivity contribution is 5.77. The first kappa shape index (κ1) is 18.0. The fourth-order valence-corrected chi connectivity index (χ4v) is 3.74. The molecule has 2 heterocycles. The number of nitrogens with one attached hydrogen (secondary N) is 1. The smallest absolute Gasteiger partial charge is 0.225 e. The highest BCUT2D eigenvalue weighted by Gasteiger charge is 2.37. The van der Waals surface area contributed by atoms with E-state index in [1.165, 1.54) is 0 Å². The zero-order chi connectivity index (χ0) is 17.9. The van der Waals surface area contributed by atoms with Crippen molar-refractivity contribution in [3.8, 4) is 5.75 Å². The second kappa shape index (κ2) is 7.62. The highest BCUT2D eigenvalue weighted by atomic mass is 16.5. The van der Waals surface area contributed by atoms with Crippen molar-refractivity contribution in [2.45, 2.75) is 31.9 Å². The molecule has 25 heavy (non-hydrogen) atoms. The number of amides is 1. The number of nitrogens with zero attached hydrogens (tertiary/aromatic N) is 2. The number of carbonyl (C=O) groups excluding carboxylic acids is 1. The minimum atomic E-state index is -0.159. The van der Waals surface area contributed by atoms with Crippen LogP contribution in [-0.4, -0.2) is 68.9 Å². The van der Waals surface area contributed by atoms with Crippen LogP contribution in [0.4, 0.5) is 5.69 Å². The molecule has 3 rings (SSSR count). The second-order valence-corrected chi connectivity index (χ2v) is 7.35. The fraction of sp³-hybridized carbons (Fsp3) is 0.632. The van der Waals surface area contributed by atoms with Crippen molar-refractivity contribution < 1.29 is 14.3 Å². The standard InChI is InChI=1S/C19H29N3O3/c1-19(2)14-21(18(23)12-15-13-20-8-11-25-15)9-10-22(19)16-6-4-5-7-17(16)24-3/h4-7,15,20H,8-14H2,1-3H3/t15-/m0/s1. The monoisotopic (exact) mass is 347 g/mol. The Bertz CT molecular complexity index is 599. The Morgan fingerprint density at radius 3 is 2.84 bits per heavy atom. The van der Waals surface area contributed by atoms with E-state index in [9.17, 15) is 4.79 Å². The average molecular weight is 347 g/mol. The first-order valence-electron chi connectivity index (χ1n) is 9.02. The maximum Gasteiger partial charge on any atom is 0.225 e. The van der Waals surface area contributed by atoms with Crippen molar-refractivity contribution in [3.05, 3.63) is 24.3 Å². The van der Waals surface area contributed by atoms with E-state index in [0.29, 0.717) is 19.6 Å². The molecule has 2 aliphatic heterocycles. The lowest BCUT2D eigenvalue weighted by Gasteiger charge is -2.49. The summed E-state index contributed by atoms with van der Waals surface area (Å²) in [6, 6.07) is 8.07. The van der Waals surface area contributed by atoms with Gasteiger partial charge in [-0.25, -0.2) is 0 Å². The molecule has 0 aromatic heterocycles. The number of anilines is 1. The molecule has 138 valence electrons. The fourth-order valence-electron chi connectivity index (χ4n) is 3.74. The van der Waals surface area contributed by atoms with Crippen molar-refractivity contribution >= 4 is 11.6 Å². The lowest BCUT2D eigenvalue weighted by Crippen LogP contribution is -2.61. The van der Waals surface area contributed by atoms with E-state index in [-0.39, 0.29) is 17.6 Å². The van der Waals surface area contributed by atoms with E-state index in [1.807, 2.05) is 23.1 Å². The van der Waals surface area contributed by atoms with Gasteiger partial charge in [-0.1, -0.05) is 12.1 Å². The zero-order valence-electron chi connectivity index (χ0n) is 15.5. The molecule has 1 N–H and O–H groups in total. The average Bonchev–Trinajstić information content (AvgIpc) is 2.61. The molecule has 2 fully saturated rings. The van der Waals surface area contributed by atoms with Crippen molar-refractivity contribution in [2.75, 3.05) is 51.3 Å². The molecule has 2 aliphatic rings. The first-order valence-corrected chi connectivity index (χ1v) is 9.02. The van der Waals surface area contributed by atoms with E-state index in [0.717, 1.165) is 37.6 Å². The Morgan fingerprint density at radius 1 is 1.36 bits per heavy atom. The number of piperazine rings is 1. The van der Waals surface area contributed by atoms with Crippen LogP contribution < -0.4 is 15.0 Å². The lowest BCUT2D eigenvalue weighted by atomic mass is 9.97. The minimum absolute atomic E-state index is 0.00314. The van der Waals surface area contributed by atoms with Crippen LogP contribution in [0.1, 0.15) is 20.3 Å². The van der Waals surface area contributed by atoms with E-state index in [2.05, 4.69) is 30.1 Å². The summed E-state index contributed by atoms with van der Waals surface area (Å²) in [7, 11) is 1.70. The van der Waals surface area contributed by atoms with Crippen molar-refractivity contribution in [1.29, 1.82) is 0 Å². The summed E-state index contributed by atoms with van der Waals surface area (Å²) < 4.78 is 11.2. The van der Waals surface area contributed by atoms with Crippen LogP contribution in [0.25, 0.3) is 0 Å². The Balaban J connectivity index is 1.66. The van der Waals surface area contributed by atoms with Gasteiger partial charge in [0.2, 0.25) is 5.91 Å². The zero-order valence-corrected chi connectivity index (χ0v) is 15.5. The third kappa shape index (κ3) is 4.07. The Labute approximate surface area is 150 Å². The molecule has 6 nitrogen and oxygen atoms in total. The summed E-state index contributed by atoms with van der Waals surface area (Å²) >= 11 is 0. The number of ether oxygens (including phenoxy) is 2. The number of hydrogen-bond donors (Lipinski definition) is 1. The number of methoxy groups -OCH3 is 1. The molecular weight excluding hydrogens is 318 g/mol. The number of benzene rings is 1. The van der Waals surface area contributed by atoms with E-state index in [1.54, 1.807) is 7.11 Å². The Hall–Kier alpha value is -1.79. The van der Waals surface area contributed by atoms with Crippen LogP contribution in [0.3, 0.4) is 0 Å². The highest BCUT2D eigenvalue weighted by Crippen LogP contribution is 2.35. The number of morpholine rings is 1. The van der Waals surface area contributed by atoms with Crippen LogP contribution in [-0.2, 0) is 9.53 Å². The minimum Gasteiger partial charge on any atom is -0.495 e. The van der Waals surface area contributed by atoms with Gasteiger partial charge in [0, 0.05) is 32.7 Å². The third-order valence-electron chi connectivity index (χ3n) is 5.04. The normalized spacial score (nSPS) is 23.4. The molecule has 0 saturated carbocycles. The second-order valence-electron chi connectivity index (χ2n) is 7.35. The predicted octanol–water partition coefficient (Wildman–Crippen LogP) is 1.50. The molecule has 0 bridgehead atoms. The van der Waals surface area contributed by atoms with Crippen LogP contribution in [0.2, 0.25) is 0 Å². The van der Waals surface area contributed by atoms with Crippen molar-refractivity contribution in [1.82, 2.24) is 10.2 Å². The molecule has 1 atom stereocenters. The van der Waals surface area contributed by atoms with Gasteiger partial charge >= 0.3 is 0 Å². The molecule has 0 unspecified atom stereocenters. The molecule has 1 amide bonds. The van der Waals surface area contributed by atoms with Gasteiger partial charge < -0.3 is 24.6 Å². The van der Waals surface area contributed by atoms with Crippen LogP contribution in [0.15, 0.2) is 24.3 Å². The van der Waals surface area contributed by atoms with Gasteiger partial charge in [-0.2, -0.15) is 0 Å².